The number of nitrogens with zero attached hydrogens (tertiary/aromatic N) is 2. The standard InChI is InChI=1S/C10H17N3O2S/c1-8-3-2-4-9(5-8)13-6-10(12-7-13)16(11,14)15/h6-9H,2-5H2,1H3,(H2,11,14,15). The predicted octanol–water partition coefficient (Wildman–Crippen LogP) is 1.28. The van der Waals surface area contributed by atoms with Crippen molar-refractivity contribution in [2.75, 3.05) is 0 Å². The number of sulfonamides is 1. The minimum atomic E-state index is -3.67. The molecule has 90 valence electrons. The van der Waals surface area contributed by atoms with E-state index in [1.807, 2.05) is 4.57 Å². The van der Waals surface area contributed by atoms with E-state index in [1.165, 1.54) is 19.0 Å². The molecule has 5 nitrogen and oxygen atoms in total. The Morgan fingerprint density at radius 3 is 2.81 bits per heavy atom. The van der Waals surface area contributed by atoms with E-state index in [4.69, 9.17) is 5.14 Å². The second-order valence-corrected chi connectivity index (χ2v) is 6.14. The van der Waals surface area contributed by atoms with Crippen molar-refractivity contribution in [1.82, 2.24) is 9.55 Å². The molecule has 0 bridgehead atoms. The van der Waals surface area contributed by atoms with E-state index in [2.05, 4.69) is 11.9 Å². The van der Waals surface area contributed by atoms with Crippen LogP contribution < -0.4 is 5.14 Å². The van der Waals surface area contributed by atoms with Crippen molar-refractivity contribution < 1.29 is 8.42 Å². The lowest BCUT2D eigenvalue weighted by Gasteiger charge is -2.27. The van der Waals surface area contributed by atoms with Gasteiger partial charge >= 0.3 is 0 Å². The Bertz CT molecular complexity index is 466. The summed E-state index contributed by atoms with van der Waals surface area (Å²) in [4.78, 5) is 3.84. The first kappa shape index (κ1) is 11.6. The second kappa shape index (κ2) is 4.18. The average Bonchev–Trinajstić information content (AvgIpc) is 2.65. The van der Waals surface area contributed by atoms with Crippen molar-refractivity contribution in [1.29, 1.82) is 0 Å². The molecule has 16 heavy (non-hydrogen) atoms. The molecule has 0 saturated heterocycles. The summed E-state index contributed by atoms with van der Waals surface area (Å²) >= 11 is 0. The van der Waals surface area contributed by atoms with Gasteiger partial charge in [-0.15, -0.1) is 0 Å². The minimum absolute atomic E-state index is 0.0364. The molecule has 1 aliphatic carbocycles. The Balaban J connectivity index is 2.18. The topological polar surface area (TPSA) is 78.0 Å². The zero-order chi connectivity index (χ0) is 11.8. The largest absolute Gasteiger partial charge is 0.333 e. The number of nitrogens with two attached hydrogens (primary N) is 1. The van der Waals surface area contributed by atoms with E-state index in [-0.39, 0.29) is 5.03 Å². The predicted molar refractivity (Wildman–Crippen MR) is 60.3 cm³/mol. The molecule has 1 aliphatic rings. The van der Waals surface area contributed by atoms with Crippen molar-refractivity contribution in [2.24, 2.45) is 11.1 Å². The van der Waals surface area contributed by atoms with Gasteiger partial charge in [-0.2, -0.15) is 0 Å². The third-order valence-electron chi connectivity index (χ3n) is 3.20. The van der Waals surface area contributed by atoms with Gasteiger partial charge in [-0.05, 0) is 18.8 Å². The van der Waals surface area contributed by atoms with Crippen molar-refractivity contribution in [2.45, 2.75) is 43.7 Å². The molecule has 2 rings (SSSR count). The van der Waals surface area contributed by atoms with Gasteiger partial charge in [0.15, 0.2) is 5.03 Å². The first-order chi connectivity index (χ1) is 7.47. The third kappa shape index (κ3) is 2.44. The second-order valence-electron chi connectivity index (χ2n) is 4.63. The molecule has 0 radical (unpaired) electrons. The Morgan fingerprint density at radius 1 is 1.50 bits per heavy atom. The molecule has 2 atom stereocenters. The van der Waals surface area contributed by atoms with Crippen molar-refractivity contribution >= 4 is 10.0 Å². The molecular weight excluding hydrogens is 226 g/mol. The summed E-state index contributed by atoms with van der Waals surface area (Å²) in [7, 11) is -3.67. The molecule has 1 heterocycles. The summed E-state index contributed by atoms with van der Waals surface area (Å²) in [6, 6.07) is 0.367. The van der Waals surface area contributed by atoms with Gasteiger partial charge in [0.2, 0.25) is 0 Å². The number of primary sulfonamides is 1. The Morgan fingerprint density at radius 2 is 2.25 bits per heavy atom. The first-order valence-electron chi connectivity index (χ1n) is 5.53. The average molecular weight is 243 g/mol. The highest BCUT2D eigenvalue weighted by Crippen LogP contribution is 2.32. The van der Waals surface area contributed by atoms with Crippen molar-refractivity contribution in [3.05, 3.63) is 12.5 Å². The van der Waals surface area contributed by atoms with Crippen LogP contribution in [0, 0.1) is 5.92 Å². The van der Waals surface area contributed by atoms with Gasteiger partial charge in [-0.25, -0.2) is 18.5 Å². The number of hydrogen-bond acceptors (Lipinski definition) is 3. The summed E-state index contributed by atoms with van der Waals surface area (Å²) in [5, 5.41) is 4.99. The van der Waals surface area contributed by atoms with Crippen LogP contribution in [-0.2, 0) is 10.0 Å². The number of aromatic nitrogens is 2. The summed E-state index contributed by atoms with van der Waals surface area (Å²) in [6.45, 7) is 2.23. The molecule has 2 unspecified atom stereocenters. The molecule has 1 fully saturated rings. The van der Waals surface area contributed by atoms with E-state index < -0.39 is 10.0 Å². The van der Waals surface area contributed by atoms with Crippen LogP contribution in [0.2, 0.25) is 0 Å². The zero-order valence-corrected chi connectivity index (χ0v) is 10.2. The SMILES string of the molecule is CC1CCCC(n2cnc(S(N)(=O)=O)c2)C1. The lowest BCUT2D eigenvalue weighted by atomic mass is 9.87. The monoisotopic (exact) mass is 243 g/mol. The van der Waals surface area contributed by atoms with Crippen LogP contribution in [0.15, 0.2) is 17.6 Å². The number of hydrogen-bond donors (Lipinski definition) is 1. The molecule has 0 amide bonds. The minimum Gasteiger partial charge on any atom is -0.333 e. The fourth-order valence-electron chi connectivity index (χ4n) is 2.34. The van der Waals surface area contributed by atoms with Crippen LogP contribution in [0.5, 0.6) is 0 Å². The molecule has 2 N–H and O–H groups in total. The molecule has 6 heteroatoms. The van der Waals surface area contributed by atoms with Crippen LogP contribution in [0.25, 0.3) is 0 Å². The fourth-order valence-corrected chi connectivity index (χ4v) is 2.80. The van der Waals surface area contributed by atoms with E-state index in [1.54, 1.807) is 6.33 Å². The van der Waals surface area contributed by atoms with Gasteiger partial charge in [0.05, 0.1) is 6.33 Å². The molecule has 1 saturated carbocycles. The van der Waals surface area contributed by atoms with Gasteiger partial charge in [-0.1, -0.05) is 19.8 Å². The smallest absolute Gasteiger partial charge is 0.257 e. The van der Waals surface area contributed by atoms with Gasteiger partial charge < -0.3 is 4.57 Å². The summed E-state index contributed by atoms with van der Waals surface area (Å²) in [6.07, 6.45) is 7.73. The Kier molecular flexibility index (Phi) is 3.03. The van der Waals surface area contributed by atoms with E-state index >= 15 is 0 Å². The van der Waals surface area contributed by atoms with Crippen LogP contribution >= 0.6 is 0 Å². The summed E-state index contributed by atoms with van der Waals surface area (Å²) < 4.78 is 24.1. The van der Waals surface area contributed by atoms with E-state index in [0.717, 1.165) is 12.8 Å². The molecule has 0 spiro atoms. The number of imidazole rings is 1. The van der Waals surface area contributed by atoms with Gasteiger partial charge in [0.1, 0.15) is 0 Å². The summed E-state index contributed by atoms with van der Waals surface area (Å²) in [5.41, 5.74) is 0. The highest BCUT2D eigenvalue weighted by Gasteiger charge is 2.21. The molecular formula is C10H17N3O2S. The maximum Gasteiger partial charge on any atom is 0.257 e. The Hall–Kier alpha value is -0.880. The quantitative estimate of drug-likeness (QED) is 0.850. The van der Waals surface area contributed by atoms with Crippen LogP contribution in [-0.4, -0.2) is 18.0 Å². The van der Waals surface area contributed by atoms with Crippen LogP contribution in [0.3, 0.4) is 0 Å². The molecule has 1 aromatic heterocycles. The van der Waals surface area contributed by atoms with Gasteiger partial charge in [0, 0.05) is 12.2 Å². The van der Waals surface area contributed by atoms with Crippen LogP contribution in [0.4, 0.5) is 0 Å². The van der Waals surface area contributed by atoms with Gasteiger partial charge in [-0.3, -0.25) is 0 Å². The summed E-state index contributed by atoms with van der Waals surface area (Å²) in [5.74, 6) is 0.694. The number of rotatable bonds is 2. The lowest BCUT2D eigenvalue weighted by Crippen LogP contribution is -2.17. The highest BCUT2D eigenvalue weighted by molar-refractivity contribution is 7.89. The maximum absolute atomic E-state index is 11.1. The van der Waals surface area contributed by atoms with E-state index in [0.29, 0.717) is 12.0 Å². The van der Waals surface area contributed by atoms with Crippen molar-refractivity contribution in [3.8, 4) is 0 Å². The Labute approximate surface area is 95.7 Å². The first-order valence-corrected chi connectivity index (χ1v) is 7.07. The third-order valence-corrected chi connectivity index (χ3v) is 3.99. The fraction of sp³-hybridized carbons (Fsp3) is 0.700. The van der Waals surface area contributed by atoms with E-state index in [9.17, 15) is 8.42 Å². The van der Waals surface area contributed by atoms with Gasteiger partial charge in [0.25, 0.3) is 10.0 Å². The maximum atomic E-state index is 11.1. The molecule has 0 aromatic carbocycles. The molecule has 1 aromatic rings. The van der Waals surface area contributed by atoms with Crippen molar-refractivity contribution in [3.63, 3.8) is 0 Å². The zero-order valence-electron chi connectivity index (χ0n) is 9.33. The normalized spacial score (nSPS) is 26.9. The molecule has 0 aliphatic heterocycles. The highest BCUT2D eigenvalue weighted by atomic mass is 32.2. The van der Waals surface area contributed by atoms with Crippen LogP contribution in [0.1, 0.15) is 38.6 Å². The lowest BCUT2D eigenvalue weighted by molar-refractivity contribution is 0.282.